The second-order valence-corrected chi connectivity index (χ2v) is 6.32. The third-order valence-electron chi connectivity index (χ3n) is 3.70. The van der Waals surface area contributed by atoms with Crippen molar-refractivity contribution >= 4 is 27.5 Å². The number of nitrogens with zero attached hydrogens (tertiary/aromatic N) is 3. The maximum absolute atomic E-state index is 13.1. The molecule has 3 rings (SSSR count). The van der Waals surface area contributed by atoms with Crippen LogP contribution < -0.4 is 0 Å². The molecule has 1 N–H and O–H groups in total. The van der Waals surface area contributed by atoms with E-state index in [-0.39, 0.29) is 11.1 Å². The van der Waals surface area contributed by atoms with Crippen LogP contribution in [-0.4, -0.2) is 32.9 Å². The molecule has 1 aliphatic heterocycles. The summed E-state index contributed by atoms with van der Waals surface area (Å²) in [5, 5.41) is 14.7. The first-order valence-electron chi connectivity index (χ1n) is 7.09. The van der Waals surface area contributed by atoms with Crippen LogP contribution in [-0.2, 0) is 5.72 Å². The summed E-state index contributed by atoms with van der Waals surface area (Å²) in [6.07, 6.45) is -3.02. The monoisotopic (exact) mass is 413 g/mol. The molecule has 1 amide bonds. The van der Waals surface area contributed by atoms with Gasteiger partial charge in [-0.1, -0.05) is 28.1 Å². The zero-order valence-corrected chi connectivity index (χ0v) is 14.1. The maximum atomic E-state index is 13.1. The summed E-state index contributed by atoms with van der Waals surface area (Å²) in [4.78, 5) is 16.5. The molecule has 0 saturated heterocycles. The van der Waals surface area contributed by atoms with Crippen LogP contribution in [0.15, 0.2) is 58.4 Å². The van der Waals surface area contributed by atoms with E-state index in [0.29, 0.717) is 9.48 Å². The highest BCUT2D eigenvalue weighted by Gasteiger charge is 2.53. The van der Waals surface area contributed by atoms with Crippen molar-refractivity contribution in [2.45, 2.75) is 18.3 Å². The lowest BCUT2D eigenvalue weighted by atomic mass is 9.98. The number of rotatable bonds is 2. The van der Waals surface area contributed by atoms with Crippen LogP contribution in [0.1, 0.15) is 22.3 Å². The highest BCUT2D eigenvalue weighted by molar-refractivity contribution is 9.10. The average molecular weight is 414 g/mol. The normalized spacial score (nSPS) is 20.5. The number of aromatic nitrogens is 1. The topological polar surface area (TPSA) is 65.8 Å². The Labute approximate surface area is 148 Å². The molecule has 25 heavy (non-hydrogen) atoms. The summed E-state index contributed by atoms with van der Waals surface area (Å²) < 4.78 is 39.9. The van der Waals surface area contributed by atoms with Crippen molar-refractivity contribution in [3.05, 3.63) is 64.4 Å². The fourth-order valence-corrected chi connectivity index (χ4v) is 2.88. The smallest absolute Gasteiger partial charge is 0.365 e. The largest absolute Gasteiger partial charge is 0.431 e. The molecule has 0 radical (unpaired) electrons. The molecular weight excluding hydrogens is 403 g/mol. The van der Waals surface area contributed by atoms with Crippen molar-refractivity contribution in [2.24, 2.45) is 5.10 Å². The minimum atomic E-state index is -4.76. The second-order valence-electron chi connectivity index (χ2n) is 5.41. The summed E-state index contributed by atoms with van der Waals surface area (Å²) in [5.41, 5.74) is -3.37. The number of aliphatic hydroxyl groups is 1. The zero-order chi connectivity index (χ0) is 18.2. The van der Waals surface area contributed by atoms with Crippen LogP contribution in [0.4, 0.5) is 13.2 Å². The molecule has 0 saturated carbocycles. The van der Waals surface area contributed by atoms with E-state index in [4.69, 9.17) is 0 Å². The third kappa shape index (κ3) is 3.29. The highest BCUT2D eigenvalue weighted by atomic mass is 79.9. The Morgan fingerprint density at radius 1 is 1.28 bits per heavy atom. The van der Waals surface area contributed by atoms with E-state index in [9.17, 15) is 23.1 Å². The van der Waals surface area contributed by atoms with Crippen molar-refractivity contribution in [3.8, 4) is 0 Å². The number of hydrogen-bond donors (Lipinski definition) is 1. The van der Waals surface area contributed by atoms with E-state index in [1.54, 1.807) is 12.1 Å². The Kier molecular flexibility index (Phi) is 4.38. The molecule has 0 fully saturated rings. The van der Waals surface area contributed by atoms with Gasteiger partial charge in [0, 0.05) is 28.0 Å². The van der Waals surface area contributed by atoms with Crippen molar-refractivity contribution in [1.29, 1.82) is 0 Å². The molecule has 0 bridgehead atoms. The van der Waals surface area contributed by atoms with Gasteiger partial charge >= 0.3 is 6.18 Å². The van der Waals surface area contributed by atoms with Gasteiger partial charge in [0.25, 0.3) is 5.91 Å². The minimum absolute atomic E-state index is 0.0429. The summed E-state index contributed by atoms with van der Waals surface area (Å²) in [6.45, 7) is 0. The van der Waals surface area contributed by atoms with Crippen LogP contribution in [0.5, 0.6) is 0 Å². The molecular formula is C16H11BrF3N3O2. The van der Waals surface area contributed by atoms with Gasteiger partial charge in [0.1, 0.15) is 5.71 Å². The number of amides is 1. The average Bonchev–Trinajstić information content (AvgIpc) is 2.94. The lowest BCUT2D eigenvalue weighted by Crippen LogP contribution is -2.43. The van der Waals surface area contributed by atoms with Crippen LogP contribution >= 0.6 is 15.9 Å². The fourth-order valence-electron chi connectivity index (χ4n) is 2.49. The van der Waals surface area contributed by atoms with E-state index < -0.39 is 29.9 Å². The van der Waals surface area contributed by atoms with Crippen molar-refractivity contribution < 1.29 is 23.1 Å². The molecule has 1 aromatic carbocycles. The molecule has 2 heterocycles. The number of carbonyl (C=O) groups is 1. The summed E-state index contributed by atoms with van der Waals surface area (Å²) >= 11 is 3.20. The number of halogens is 4. The van der Waals surface area contributed by atoms with E-state index in [0.717, 1.165) is 0 Å². The third-order valence-corrected chi connectivity index (χ3v) is 4.19. The van der Waals surface area contributed by atoms with Crippen molar-refractivity contribution in [1.82, 2.24) is 9.99 Å². The first-order valence-corrected chi connectivity index (χ1v) is 7.89. The van der Waals surface area contributed by atoms with Crippen molar-refractivity contribution in [2.75, 3.05) is 0 Å². The molecule has 0 spiro atoms. The standard InChI is InChI=1S/C16H11BrF3N3O2/c17-12-5-1-3-10(7-12)14(24)23-15(25,11-4-2-6-21-9-11)8-13(22-23)16(18,19)20/h1-7,9,25H,8H2. The molecule has 1 aromatic heterocycles. The molecule has 2 aromatic rings. The van der Waals surface area contributed by atoms with Gasteiger partial charge in [0.15, 0.2) is 5.72 Å². The predicted octanol–water partition coefficient (Wildman–Crippen LogP) is 3.45. The maximum Gasteiger partial charge on any atom is 0.431 e. The Bertz CT molecular complexity index is 842. The second kappa shape index (κ2) is 6.23. The molecule has 1 unspecified atom stereocenters. The SMILES string of the molecule is O=C(c1cccc(Br)c1)N1N=C(C(F)(F)F)CC1(O)c1cccnc1. The Hall–Kier alpha value is -2.26. The quantitative estimate of drug-likeness (QED) is 0.819. The van der Waals surface area contributed by atoms with Gasteiger partial charge in [-0.2, -0.15) is 23.3 Å². The molecule has 9 heteroatoms. The number of hydrazone groups is 1. The number of alkyl halides is 3. The van der Waals surface area contributed by atoms with Gasteiger partial charge in [-0.05, 0) is 24.3 Å². The first kappa shape index (κ1) is 17.6. The summed E-state index contributed by atoms with van der Waals surface area (Å²) in [7, 11) is 0. The Morgan fingerprint density at radius 3 is 2.64 bits per heavy atom. The Morgan fingerprint density at radius 2 is 2.04 bits per heavy atom. The molecule has 5 nitrogen and oxygen atoms in total. The fraction of sp³-hybridized carbons (Fsp3) is 0.188. The molecule has 1 aliphatic rings. The van der Waals surface area contributed by atoms with E-state index in [2.05, 4.69) is 26.0 Å². The van der Waals surface area contributed by atoms with Crippen LogP contribution in [0.2, 0.25) is 0 Å². The number of hydrogen-bond acceptors (Lipinski definition) is 4. The minimum Gasteiger partial charge on any atom is -0.365 e. The van der Waals surface area contributed by atoms with Gasteiger partial charge in [-0.15, -0.1) is 0 Å². The van der Waals surface area contributed by atoms with Gasteiger partial charge in [0.05, 0.1) is 6.42 Å². The molecule has 130 valence electrons. The summed E-state index contributed by atoms with van der Waals surface area (Å²) in [5.74, 6) is -0.855. The predicted molar refractivity (Wildman–Crippen MR) is 86.6 cm³/mol. The zero-order valence-electron chi connectivity index (χ0n) is 12.5. The van der Waals surface area contributed by atoms with Crippen molar-refractivity contribution in [3.63, 3.8) is 0 Å². The van der Waals surface area contributed by atoms with Crippen LogP contribution in [0.25, 0.3) is 0 Å². The lowest BCUT2D eigenvalue weighted by Gasteiger charge is -2.31. The lowest BCUT2D eigenvalue weighted by molar-refractivity contribution is -0.0817. The van der Waals surface area contributed by atoms with E-state index in [1.807, 2.05) is 0 Å². The number of benzene rings is 1. The first-order chi connectivity index (χ1) is 11.7. The Balaban J connectivity index is 2.08. The summed E-state index contributed by atoms with van der Waals surface area (Å²) in [6, 6.07) is 8.94. The van der Waals surface area contributed by atoms with Crippen LogP contribution in [0, 0.1) is 0 Å². The van der Waals surface area contributed by atoms with E-state index >= 15 is 0 Å². The van der Waals surface area contributed by atoms with E-state index in [1.165, 1.54) is 36.7 Å². The van der Waals surface area contributed by atoms with Gasteiger partial charge in [-0.25, -0.2) is 0 Å². The number of carbonyl (C=O) groups excluding carboxylic acids is 1. The van der Waals surface area contributed by atoms with Gasteiger partial charge in [-0.3, -0.25) is 9.78 Å². The number of pyridine rings is 1. The highest BCUT2D eigenvalue weighted by Crippen LogP contribution is 2.40. The van der Waals surface area contributed by atoms with Crippen LogP contribution in [0.3, 0.4) is 0 Å². The molecule has 1 atom stereocenters. The van der Waals surface area contributed by atoms with Gasteiger partial charge < -0.3 is 5.11 Å². The molecule has 0 aliphatic carbocycles. The van der Waals surface area contributed by atoms with Gasteiger partial charge in [0.2, 0.25) is 0 Å².